The second-order valence-electron chi connectivity index (χ2n) is 4.71. The van der Waals surface area contributed by atoms with E-state index < -0.39 is 0 Å². The van der Waals surface area contributed by atoms with Crippen LogP contribution in [-0.4, -0.2) is 6.04 Å². The molecule has 3 atom stereocenters. The van der Waals surface area contributed by atoms with Gasteiger partial charge in [-0.2, -0.15) is 0 Å². The van der Waals surface area contributed by atoms with Crippen LogP contribution in [0, 0.1) is 5.92 Å². The van der Waals surface area contributed by atoms with Crippen molar-refractivity contribution < 1.29 is 0 Å². The van der Waals surface area contributed by atoms with E-state index in [0.29, 0.717) is 12.0 Å². The van der Waals surface area contributed by atoms with E-state index in [4.69, 9.17) is 5.73 Å². The van der Waals surface area contributed by atoms with Crippen molar-refractivity contribution in [2.75, 3.05) is 0 Å². The van der Waals surface area contributed by atoms with Gasteiger partial charge in [-0.25, -0.2) is 0 Å². The summed E-state index contributed by atoms with van der Waals surface area (Å²) in [5.41, 5.74) is 7.49. The molecule has 1 aliphatic rings. The third-order valence-electron chi connectivity index (χ3n) is 3.51. The van der Waals surface area contributed by atoms with Gasteiger partial charge in [-0.3, -0.25) is 0 Å². The van der Waals surface area contributed by atoms with Crippen LogP contribution in [0.3, 0.4) is 0 Å². The fraction of sp³-hybridized carbons (Fsp3) is 0.538. The Bertz CT molecular complexity index is 337. The second-order valence-corrected chi connectivity index (χ2v) is 5.63. The van der Waals surface area contributed by atoms with E-state index >= 15 is 0 Å². The van der Waals surface area contributed by atoms with Gasteiger partial charge in [0.2, 0.25) is 0 Å². The van der Waals surface area contributed by atoms with Gasteiger partial charge in [0.15, 0.2) is 0 Å². The van der Waals surface area contributed by atoms with Gasteiger partial charge in [-0.05, 0) is 48.8 Å². The number of rotatable bonds is 1. The highest BCUT2D eigenvalue weighted by Crippen LogP contribution is 2.37. The summed E-state index contributed by atoms with van der Waals surface area (Å²) >= 11 is 3.53. The quantitative estimate of drug-likeness (QED) is 0.826. The van der Waals surface area contributed by atoms with Gasteiger partial charge < -0.3 is 5.73 Å². The molecule has 3 unspecified atom stereocenters. The lowest BCUT2D eigenvalue weighted by molar-refractivity contribution is 0.300. The molecule has 0 aliphatic heterocycles. The summed E-state index contributed by atoms with van der Waals surface area (Å²) in [6.07, 6.45) is 3.58. The number of hydrogen-bond donors (Lipinski definition) is 1. The van der Waals surface area contributed by atoms with Gasteiger partial charge in [-0.1, -0.05) is 35.0 Å². The molecule has 1 aromatic rings. The minimum absolute atomic E-state index is 0.394. The number of hydrogen-bond acceptors (Lipinski definition) is 1. The van der Waals surface area contributed by atoms with Crippen molar-refractivity contribution in [1.29, 1.82) is 0 Å². The van der Waals surface area contributed by atoms with Crippen molar-refractivity contribution in [3.05, 3.63) is 34.3 Å². The summed E-state index contributed by atoms with van der Waals surface area (Å²) in [5.74, 6) is 1.41. The van der Waals surface area contributed by atoms with E-state index in [1.165, 1.54) is 22.9 Å². The lowest BCUT2D eigenvalue weighted by Gasteiger charge is -2.33. The zero-order valence-corrected chi connectivity index (χ0v) is 10.7. The van der Waals surface area contributed by atoms with Gasteiger partial charge in [0.05, 0.1) is 0 Å². The van der Waals surface area contributed by atoms with Crippen molar-refractivity contribution in [1.82, 2.24) is 0 Å². The fourth-order valence-electron chi connectivity index (χ4n) is 2.56. The van der Waals surface area contributed by atoms with Crippen LogP contribution < -0.4 is 5.73 Å². The maximum absolute atomic E-state index is 6.05. The minimum Gasteiger partial charge on any atom is -0.328 e. The highest BCUT2D eigenvalue weighted by atomic mass is 79.9. The molecular formula is C13H18BrN. The Kier molecular flexibility index (Phi) is 3.47. The molecule has 2 N–H and O–H groups in total. The molecule has 82 valence electrons. The zero-order chi connectivity index (χ0) is 10.8. The van der Waals surface area contributed by atoms with Crippen molar-refractivity contribution in [3.8, 4) is 0 Å². The maximum Gasteiger partial charge on any atom is 0.0178 e. The number of halogens is 1. The first-order valence-electron chi connectivity index (χ1n) is 5.68. The smallest absolute Gasteiger partial charge is 0.0178 e. The Morgan fingerprint density at radius 3 is 2.87 bits per heavy atom. The van der Waals surface area contributed by atoms with Crippen molar-refractivity contribution >= 4 is 15.9 Å². The molecule has 0 spiro atoms. The summed E-state index contributed by atoms with van der Waals surface area (Å²) < 4.78 is 1.17. The van der Waals surface area contributed by atoms with Gasteiger partial charge >= 0.3 is 0 Å². The van der Waals surface area contributed by atoms with E-state index in [-0.39, 0.29) is 0 Å². The number of benzene rings is 1. The summed E-state index contributed by atoms with van der Waals surface area (Å²) in [6.45, 7) is 2.34. The lowest BCUT2D eigenvalue weighted by atomic mass is 9.75. The molecule has 0 heterocycles. The molecule has 0 amide bonds. The summed E-state index contributed by atoms with van der Waals surface area (Å²) in [5, 5.41) is 0. The van der Waals surface area contributed by atoms with Crippen LogP contribution in [0.2, 0.25) is 0 Å². The van der Waals surface area contributed by atoms with Gasteiger partial charge in [-0.15, -0.1) is 0 Å². The molecule has 1 aromatic carbocycles. The highest BCUT2D eigenvalue weighted by molar-refractivity contribution is 9.10. The molecule has 1 nitrogen and oxygen atoms in total. The van der Waals surface area contributed by atoms with Crippen LogP contribution >= 0.6 is 15.9 Å². The average Bonchev–Trinajstić information content (AvgIpc) is 2.22. The molecule has 1 fully saturated rings. The topological polar surface area (TPSA) is 26.0 Å². The fourth-order valence-corrected chi connectivity index (χ4v) is 2.97. The first-order chi connectivity index (χ1) is 7.16. The summed E-state index contributed by atoms with van der Waals surface area (Å²) in [6, 6.07) is 9.05. The van der Waals surface area contributed by atoms with Gasteiger partial charge in [0, 0.05) is 10.5 Å². The highest BCUT2D eigenvalue weighted by Gasteiger charge is 2.26. The Morgan fingerprint density at radius 2 is 2.13 bits per heavy atom. The van der Waals surface area contributed by atoms with Crippen LogP contribution in [0.5, 0.6) is 0 Å². The molecule has 1 aliphatic carbocycles. The van der Waals surface area contributed by atoms with Crippen LogP contribution in [0.1, 0.15) is 37.7 Å². The Morgan fingerprint density at radius 1 is 1.33 bits per heavy atom. The molecule has 0 bridgehead atoms. The Hall–Kier alpha value is -0.340. The first-order valence-corrected chi connectivity index (χ1v) is 6.47. The molecule has 2 heteroatoms. The predicted molar refractivity (Wildman–Crippen MR) is 67.9 cm³/mol. The lowest BCUT2D eigenvalue weighted by Crippen LogP contribution is -2.31. The van der Waals surface area contributed by atoms with E-state index in [1.54, 1.807) is 0 Å². The molecule has 0 aromatic heterocycles. The summed E-state index contributed by atoms with van der Waals surface area (Å²) in [7, 11) is 0. The Balaban J connectivity index is 2.21. The molecular weight excluding hydrogens is 250 g/mol. The Labute approximate surface area is 100 Å². The molecule has 0 saturated heterocycles. The van der Waals surface area contributed by atoms with E-state index in [9.17, 15) is 0 Å². The maximum atomic E-state index is 6.05. The monoisotopic (exact) mass is 267 g/mol. The normalized spacial score (nSPS) is 31.5. The third kappa shape index (κ3) is 2.61. The predicted octanol–water partition coefficient (Wildman–Crippen LogP) is 3.68. The SMILES string of the molecule is CC1CCC(N)CC1c1cccc(Br)c1. The van der Waals surface area contributed by atoms with Crippen molar-refractivity contribution in [2.45, 2.75) is 38.1 Å². The zero-order valence-electron chi connectivity index (χ0n) is 9.12. The standard InChI is InChI=1S/C13H18BrN/c1-9-5-6-12(15)8-13(9)10-3-2-4-11(14)7-10/h2-4,7,9,12-13H,5-6,8,15H2,1H3. The second kappa shape index (κ2) is 4.67. The average molecular weight is 268 g/mol. The van der Waals surface area contributed by atoms with Crippen LogP contribution in [0.25, 0.3) is 0 Å². The molecule has 1 saturated carbocycles. The van der Waals surface area contributed by atoms with Gasteiger partial charge in [0.1, 0.15) is 0 Å². The van der Waals surface area contributed by atoms with Crippen LogP contribution in [0.15, 0.2) is 28.7 Å². The van der Waals surface area contributed by atoms with Crippen LogP contribution in [0.4, 0.5) is 0 Å². The van der Waals surface area contributed by atoms with E-state index in [1.807, 2.05) is 0 Å². The van der Waals surface area contributed by atoms with E-state index in [2.05, 4.69) is 47.1 Å². The molecule has 2 rings (SSSR count). The number of nitrogens with two attached hydrogens (primary N) is 1. The van der Waals surface area contributed by atoms with Gasteiger partial charge in [0.25, 0.3) is 0 Å². The van der Waals surface area contributed by atoms with Crippen LogP contribution in [-0.2, 0) is 0 Å². The summed E-state index contributed by atoms with van der Waals surface area (Å²) in [4.78, 5) is 0. The van der Waals surface area contributed by atoms with Crippen molar-refractivity contribution in [3.63, 3.8) is 0 Å². The third-order valence-corrected chi connectivity index (χ3v) is 4.01. The molecule has 0 radical (unpaired) electrons. The first kappa shape index (κ1) is 11.2. The largest absolute Gasteiger partial charge is 0.328 e. The molecule has 15 heavy (non-hydrogen) atoms. The van der Waals surface area contributed by atoms with E-state index in [0.717, 1.165) is 12.3 Å². The van der Waals surface area contributed by atoms with Crippen molar-refractivity contribution in [2.24, 2.45) is 11.7 Å². The minimum atomic E-state index is 0.394.